The Morgan fingerprint density at radius 3 is 1.75 bits per heavy atom. The molecule has 0 unspecified atom stereocenters. The van der Waals surface area contributed by atoms with Gasteiger partial charge in [-0.25, -0.2) is 0 Å². The molecule has 6 aromatic rings. The van der Waals surface area contributed by atoms with Crippen molar-refractivity contribution < 1.29 is 25.7 Å². The topological polar surface area (TPSA) is 82.2 Å². The van der Waals surface area contributed by atoms with Crippen LogP contribution in [-0.2, 0) is 15.7 Å². The van der Waals surface area contributed by atoms with Crippen LogP contribution in [0.2, 0.25) is 0 Å². The Bertz CT molecular complexity index is 2460. The van der Waals surface area contributed by atoms with E-state index in [0.717, 1.165) is 24.3 Å². The van der Waals surface area contributed by atoms with Crippen molar-refractivity contribution in [2.45, 2.75) is 48.5 Å². The first kappa shape index (κ1) is 42.9. The van der Waals surface area contributed by atoms with Crippen molar-refractivity contribution in [1.82, 2.24) is 0 Å². The van der Waals surface area contributed by atoms with Gasteiger partial charge < -0.3 is 14.9 Å². The quantitative estimate of drug-likeness (QED) is 0.0592. The van der Waals surface area contributed by atoms with E-state index in [9.17, 15) is 15.2 Å². The standard InChI is InChI=1S/C21H27N2.C15H10.C14H12N2O3.ClH.Ru/c1-14-9-16(3)20(17(4)10-14)22-7-8-23(13-22)21-18(5)11-15(2)12-19(21)6;1-2-6-12(7-3-1)15-11-10-13-8-4-5-9-14(13)15;1-10-2-4-12(5-3-10)15-9-11-8-13(16(18)19)6-7-14(11)17;;/h9-13H,7-8H2,1-6H3;1-9,11H;2-9,17H,1H3;1H;/q-1;;;;+1/p-1. The van der Waals surface area contributed by atoms with Gasteiger partial charge in [-0.2, -0.15) is 6.67 Å². The molecule has 8 rings (SSSR count). The zero-order valence-electron chi connectivity index (χ0n) is 34.5. The number of anilines is 2. The van der Waals surface area contributed by atoms with Crippen LogP contribution in [0.5, 0.6) is 5.75 Å². The molecule has 0 atom stereocenters. The van der Waals surface area contributed by atoms with E-state index >= 15 is 0 Å². The van der Waals surface area contributed by atoms with E-state index in [1.165, 1.54) is 95.5 Å². The Labute approximate surface area is 359 Å². The van der Waals surface area contributed by atoms with E-state index < -0.39 is 4.92 Å². The minimum atomic E-state index is -0.511. The van der Waals surface area contributed by atoms with Crippen LogP contribution in [0.1, 0.15) is 61.2 Å². The summed E-state index contributed by atoms with van der Waals surface area (Å²) in [5, 5.41) is 20.3. The Hall–Kier alpha value is -5.69. The molecular weight excluding hydrogens is 841 g/mol. The SMILES string of the molecule is Cc1cc(C)c(N2[CH-]N(c3c(C)cc(C)cc3C)CC2)c(C)c1.Cc1ccc(N=Cc2cc([N+](=O)[O-])ccc2O)cc1.[Cl][Ru]=[C]1C=C(c2ccccc2)c2ccccc21. The maximum absolute atomic E-state index is 10.7. The normalized spacial score (nSPS) is 13.9. The summed E-state index contributed by atoms with van der Waals surface area (Å²) in [6.07, 6.45) is 3.65. The molecule has 303 valence electrons. The average Bonchev–Trinajstić information content (AvgIpc) is 3.83. The molecule has 1 saturated heterocycles. The van der Waals surface area contributed by atoms with E-state index in [1.54, 1.807) is 0 Å². The fourth-order valence-corrected chi connectivity index (χ4v) is 9.29. The van der Waals surface area contributed by atoms with Crippen molar-refractivity contribution in [2.24, 2.45) is 4.99 Å². The molecule has 9 heteroatoms. The Balaban J connectivity index is 0.000000151. The molecule has 7 nitrogen and oxygen atoms in total. The monoisotopic (exact) mass is 890 g/mol. The van der Waals surface area contributed by atoms with Crippen molar-refractivity contribution in [3.05, 3.63) is 205 Å². The number of halogens is 1. The van der Waals surface area contributed by atoms with Crippen LogP contribution in [-0.4, -0.2) is 33.4 Å². The predicted molar refractivity (Wildman–Crippen MR) is 243 cm³/mol. The number of nitrogens with zero attached hydrogens (tertiary/aromatic N) is 4. The van der Waals surface area contributed by atoms with E-state index in [1.807, 2.05) is 37.3 Å². The van der Waals surface area contributed by atoms with Crippen molar-refractivity contribution >= 4 is 48.3 Å². The molecule has 59 heavy (non-hydrogen) atoms. The zero-order valence-corrected chi connectivity index (χ0v) is 37.0. The number of nitro groups is 1. The first-order valence-electron chi connectivity index (χ1n) is 19.4. The molecule has 0 bridgehead atoms. The molecule has 1 heterocycles. The van der Waals surface area contributed by atoms with Crippen LogP contribution >= 0.6 is 9.69 Å². The third-order valence-electron chi connectivity index (χ3n) is 10.2. The van der Waals surface area contributed by atoms with Gasteiger partial charge in [-0.05, 0) is 88.9 Å². The summed E-state index contributed by atoms with van der Waals surface area (Å²) in [4.78, 5) is 19.1. The third-order valence-corrected chi connectivity index (χ3v) is 12.1. The number of phenolic OH excluding ortho intramolecular Hbond substituents is 1. The number of nitro benzene ring substituents is 1. The number of aromatic hydroxyl groups is 1. The molecule has 1 aliphatic carbocycles. The number of benzene rings is 6. The number of hydrogen-bond donors (Lipinski definition) is 1. The van der Waals surface area contributed by atoms with Crippen molar-refractivity contribution in [3.63, 3.8) is 0 Å². The van der Waals surface area contributed by atoms with E-state index in [0.29, 0.717) is 5.56 Å². The molecule has 1 N–H and O–H groups in total. The second-order valence-corrected chi connectivity index (χ2v) is 17.0. The van der Waals surface area contributed by atoms with Gasteiger partial charge in [0.15, 0.2) is 0 Å². The van der Waals surface area contributed by atoms with Crippen molar-refractivity contribution in [1.29, 1.82) is 0 Å². The van der Waals surface area contributed by atoms with Gasteiger partial charge in [-0.3, -0.25) is 15.1 Å². The van der Waals surface area contributed by atoms with Crippen molar-refractivity contribution in [2.75, 3.05) is 22.9 Å². The van der Waals surface area contributed by atoms with Crippen LogP contribution in [0.4, 0.5) is 22.7 Å². The Morgan fingerprint density at radius 2 is 1.22 bits per heavy atom. The second-order valence-electron chi connectivity index (χ2n) is 15.0. The average molecular weight is 890 g/mol. The summed E-state index contributed by atoms with van der Waals surface area (Å²) in [6, 6.07) is 39.4. The van der Waals surface area contributed by atoms with E-state index in [-0.39, 0.29) is 27.1 Å². The van der Waals surface area contributed by atoms with Gasteiger partial charge in [0.25, 0.3) is 5.69 Å². The van der Waals surface area contributed by atoms with Gasteiger partial charge in [-0.1, -0.05) is 53.1 Å². The molecule has 6 aromatic carbocycles. The van der Waals surface area contributed by atoms with Crippen LogP contribution in [0.3, 0.4) is 0 Å². The summed E-state index contributed by atoms with van der Waals surface area (Å²) >= 11 is -0.218. The van der Waals surface area contributed by atoms with Gasteiger partial charge >= 0.3 is 112 Å². The number of rotatable bonds is 6. The van der Waals surface area contributed by atoms with Gasteiger partial charge in [-0.15, -0.1) is 0 Å². The number of aliphatic imine (C=N–C) groups is 1. The number of hydrogen-bond acceptors (Lipinski definition) is 6. The van der Waals surface area contributed by atoms with E-state index in [2.05, 4.69) is 142 Å². The fourth-order valence-electron chi connectivity index (χ4n) is 7.73. The zero-order chi connectivity index (χ0) is 42.2. The van der Waals surface area contributed by atoms with Gasteiger partial charge in [0.1, 0.15) is 5.75 Å². The molecule has 0 saturated carbocycles. The Kier molecular flexibility index (Phi) is 14.1. The molecule has 0 spiro atoms. The van der Waals surface area contributed by atoms with Gasteiger partial charge in [0.05, 0.1) is 10.6 Å². The molecule has 0 aromatic heterocycles. The summed E-state index contributed by atoms with van der Waals surface area (Å²) in [6.45, 7) is 19.5. The van der Waals surface area contributed by atoms with Crippen LogP contribution in [0.15, 0.2) is 132 Å². The van der Waals surface area contributed by atoms with Gasteiger partial charge in [0.2, 0.25) is 0 Å². The minimum absolute atomic E-state index is 0.0403. The number of fused-ring (bicyclic) bond motifs is 1. The third kappa shape index (κ3) is 10.5. The summed E-state index contributed by atoms with van der Waals surface area (Å²) in [7, 11) is 6.10. The van der Waals surface area contributed by atoms with Gasteiger partial charge in [0, 0.05) is 48.4 Å². The maximum atomic E-state index is 10.7. The molecule has 0 amide bonds. The summed E-state index contributed by atoms with van der Waals surface area (Å²) in [5.41, 5.74) is 18.1. The number of aryl methyl sites for hydroxylation is 7. The number of phenols is 1. The van der Waals surface area contributed by atoms with Crippen LogP contribution in [0.25, 0.3) is 5.57 Å². The predicted octanol–water partition coefficient (Wildman–Crippen LogP) is 12.2. The van der Waals surface area contributed by atoms with Crippen molar-refractivity contribution in [3.8, 4) is 5.75 Å². The molecule has 0 radical (unpaired) electrons. The Morgan fingerprint density at radius 1 is 0.695 bits per heavy atom. The number of allylic oxidation sites excluding steroid dienone is 1. The molecule has 2 aliphatic rings. The first-order chi connectivity index (χ1) is 28.3. The molecule has 1 fully saturated rings. The summed E-state index contributed by atoms with van der Waals surface area (Å²) < 4.78 is 1.30. The van der Waals surface area contributed by atoms with E-state index in [4.69, 9.17) is 9.69 Å². The van der Waals surface area contributed by atoms with Crippen LogP contribution < -0.4 is 9.80 Å². The molecule has 1 aliphatic heterocycles. The first-order valence-corrected chi connectivity index (χ1v) is 22.5. The number of non-ortho nitro benzene ring substituents is 1. The summed E-state index contributed by atoms with van der Waals surface area (Å²) in [5.74, 6) is -0.0403. The fraction of sp³-hybridized carbons (Fsp3) is 0.180. The molecular formula is C50H49ClN4O3Ru-. The second kappa shape index (κ2) is 19.4. The van der Waals surface area contributed by atoms with Crippen LogP contribution in [0, 0.1) is 65.2 Å².